The Kier molecular flexibility index (Phi) is 6.40. The highest BCUT2D eigenvalue weighted by molar-refractivity contribution is 7.92. The lowest BCUT2D eigenvalue weighted by molar-refractivity contribution is -0.118. The van der Waals surface area contributed by atoms with Crippen LogP contribution in [0.2, 0.25) is 5.02 Å². The first kappa shape index (κ1) is 22.8. The van der Waals surface area contributed by atoms with Crippen molar-refractivity contribution in [1.82, 2.24) is 0 Å². The maximum absolute atomic E-state index is 13.1. The summed E-state index contributed by atoms with van der Waals surface area (Å²) in [4.78, 5) is 23.7. The van der Waals surface area contributed by atoms with Crippen LogP contribution in [-0.2, 0) is 21.2 Å². The van der Waals surface area contributed by atoms with Gasteiger partial charge in [0.1, 0.15) is 5.75 Å². The summed E-state index contributed by atoms with van der Waals surface area (Å²) in [5.74, 6) is -0.371. The molecule has 9 heteroatoms. The fourth-order valence-electron chi connectivity index (χ4n) is 3.60. The van der Waals surface area contributed by atoms with E-state index < -0.39 is 15.9 Å². The van der Waals surface area contributed by atoms with E-state index in [2.05, 4.69) is 5.32 Å². The number of anilines is 2. The van der Waals surface area contributed by atoms with Gasteiger partial charge in [-0.2, -0.15) is 0 Å². The minimum atomic E-state index is -3.79. The summed E-state index contributed by atoms with van der Waals surface area (Å²) in [6.45, 7) is 1.47. The lowest BCUT2D eigenvalue weighted by Crippen LogP contribution is -2.29. The van der Waals surface area contributed by atoms with Crippen molar-refractivity contribution in [2.75, 3.05) is 22.8 Å². The second kappa shape index (κ2) is 9.25. The van der Waals surface area contributed by atoms with E-state index in [-0.39, 0.29) is 28.1 Å². The van der Waals surface area contributed by atoms with Gasteiger partial charge >= 0.3 is 0 Å². The van der Waals surface area contributed by atoms with Crippen LogP contribution in [0.1, 0.15) is 22.8 Å². The van der Waals surface area contributed by atoms with Gasteiger partial charge in [-0.05, 0) is 55.3 Å². The molecule has 3 aromatic rings. The molecule has 7 nitrogen and oxygen atoms in total. The Morgan fingerprint density at radius 3 is 2.61 bits per heavy atom. The van der Waals surface area contributed by atoms with Crippen molar-refractivity contribution in [3.63, 3.8) is 0 Å². The number of hydrogen-bond donors (Lipinski definition) is 1. The van der Waals surface area contributed by atoms with Gasteiger partial charge < -0.3 is 10.1 Å². The molecule has 4 rings (SSSR count). The quantitative estimate of drug-likeness (QED) is 0.504. The number of halogens is 1. The Hall–Kier alpha value is -3.36. The van der Waals surface area contributed by atoms with Crippen molar-refractivity contribution in [2.24, 2.45) is 0 Å². The minimum Gasteiger partial charge on any atom is -0.482 e. The third-order valence-electron chi connectivity index (χ3n) is 5.25. The number of benzene rings is 3. The van der Waals surface area contributed by atoms with E-state index in [4.69, 9.17) is 16.3 Å². The number of ether oxygens (including phenoxy) is 1. The number of carbonyl (C=O) groups excluding carboxylic acids is 2. The molecule has 0 radical (unpaired) electrons. The molecule has 170 valence electrons. The Labute approximate surface area is 197 Å². The summed E-state index contributed by atoms with van der Waals surface area (Å²) >= 11 is 6.26. The molecule has 0 atom stereocenters. The predicted octanol–water partition coefficient (Wildman–Crippen LogP) is 4.31. The molecule has 0 fully saturated rings. The molecule has 1 amide bonds. The van der Waals surface area contributed by atoms with Crippen molar-refractivity contribution in [1.29, 1.82) is 0 Å². The summed E-state index contributed by atoms with van der Waals surface area (Å²) in [6.07, 6.45) is 0.648. The summed E-state index contributed by atoms with van der Waals surface area (Å²) in [7, 11) is -3.79. The topological polar surface area (TPSA) is 92.8 Å². The second-order valence-corrected chi connectivity index (χ2v) is 9.79. The molecular weight excluding hydrogens is 464 g/mol. The standard InChI is InChI=1S/C24H21ClN2O5S/c1-16(28)18-6-4-7-19(13-18)26-24(29)15-32-23-10-9-20(14-21(23)25)33(30,31)27-12-11-17-5-2-3-8-22(17)27/h2-10,13-14H,11-12,15H2,1H3,(H,26,29). The number of amides is 1. The molecule has 3 aromatic carbocycles. The zero-order valence-corrected chi connectivity index (χ0v) is 19.3. The van der Waals surface area contributed by atoms with Gasteiger partial charge in [-0.3, -0.25) is 13.9 Å². The molecule has 0 unspecified atom stereocenters. The first-order valence-corrected chi connectivity index (χ1v) is 12.0. The number of rotatable bonds is 7. The second-order valence-electron chi connectivity index (χ2n) is 7.52. The van der Waals surface area contributed by atoms with E-state index in [9.17, 15) is 18.0 Å². The van der Waals surface area contributed by atoms with Gasteiger partial charge in [0.05, 0.1) is 15.6 Å². The Bertz CT molecular complexity index is 1340. The Morgan fingerprint density at radius 2 is 1.85 bits per heavy atom. The molecule has 1 aliphatic rings. The average Bonchev–Trinajstić information content (AvgIpc) is 3.23. The summed E-state index contributed by atoms with van der Waals surface area (Å²) in [6, 6.07) is 18.1. The number of carbonyl (C=O) groups is 2. The summed E-state index contributed by atoms with van der Waals surface area (Å²) in [5, 5.41) is 2.73. The third-order valence-corrected chi connectivity index (χ3v) is 7.35. The fourth-order valence-corrected chi connectivity index (χ4v) is 5.43. The van der Waals surface area contributed by atoms with Gasteiger partial charge in [0.25, 0.3) is 15.9 Å². The van der Waals surface area contributed by atoms with Crippen LogP contribution in [0.25, 0.3) is 0 Å². The van der Waals surface area contributed by atoms with Crippen molar-refractivity contribution in [3.8, 4) is 5.75 Å². The first-order valence-electron chi connectivity index (χ1n) is 10.2. The lowest BCUT2D eigenvalue weighted by Gasteiger charge is -2.20. The molecule has 0 saturated heterocycles. The van der Waals surface area contributed by atoms with Crippen molar-refractivity contribution >= 4 is 44.7 Å². The molecule has 0 spiro atoms. The van der Waals surface area contributed by atoms with E-state index in [0.717, 1.165) is 5.56 Å². The van der Waals surface area contributed by atoms with Gasteiger partial charge in [0.2, 0.25) is 0 Å². The van der Waals surface area contributed by atoms with Crippen LogP contribution in [0.3, 0.4) is 0 Å². The minimum absolute atomic E-state index is 0.0436. The maximum atomic E-state index is 13.1. The van der Waals surface area contributed by atoms with E-state index in [0.29, 0.717) is 29.9 Å². The molecule has 0 aliphatic carbocycles. The van der Waals surface area contributed by atoms with Gasteiger partial charge in [0.15, 0.2) is 12.4 Å². The largest absolute Gasteiger partial charge is 0.482 e. The van der Waals surface area contributed by atoms with Crippen molar-refractivity contribution in [2.45, 2.75) is 18.2 Å². The van der Waals surface area contributed by atoms with Crippen LogP contribution in [-0.4, -0.2) is 33.3 Å². The number of para-hydroxylation sites is 1. The van der Waals surface area contributed by atoms with E-state index >= 15 is 0 Å². The first-order chi connectivity index (χ1) is 15.8. The van der Waals surface area contributed by atoms with E-state index in [1.807, 2.05) is 12.1 Å². The number of nitrogens with zero attached hydrogens (tertiary/aromatic N) is 1. The van der Waals surface area contributed by atoms with Gasteiger partial charge in [0, 0.05) is 17.8 Å². The molecule has 0 saturated carbocycles. The fraction of sp³-hybridized carbons (Fsp3) is 0.167. The maximum Gasteiger partial charge on any atom is 0.264 e. The van der Waals surface area contributed by atoms with Gasteiger partial charge in [-0.25, -0.2) is 8.42 Å². The van der Waals surface area contributed by atoms with Crippen LogP contribution in [0.15, 0.2) is 71.6 Å². The van der Waals surface area contributed by atoms with Crippen molar-refractivity contribution in [3.05, 3.63) is 82.9 Å². The molecule has 0 bridgehead atoms. The Morgan fingerprint density at radius 1 is 1.06 bits per heavy atom. The number of fused-ring (bicyclic) bond motifs is 1. The van der Waals surface area contributed by atoms with E-state index in [1.165, 1.54) is 29.4 Å². The lowest BCUT2D eigenvalue weighted by atomic mass is 10.1. The van der Waals surface area contributed by atoms with Gasteiger partial charge in [-0.1, -0.05) is 41.9 Å². The summed E-state index contributed by atoms with van der Waals surface area (Å²) < 4.78 is 33.1. The SMILES string of the molecule is CC(=O)c1cccc(NC(=O)COc2ccc(S(=O)(=O)N3CCc4ccccc43)cc2Cl)c1. The van der Waals surface area contributed by atoms with Crippen LogP contribution in [0, 0.1) is 0 Å². The molecule has 1 heterocycles. The predicted molar refractivity (Wildman–Crippen MR) is 127 cm³/mol. The highest BCUT2D eigenvalue weighted by Gasteiger charge is 2.31. The average molecular weight is 485 g/mol. The number of Topliss-reactive ketones (excluding diaryl/α,β-unsaturated/α-hetero) is 1. The molecular formula is C24H21ClN2O5S. The van der Waals surface area contributed by atoms with Crippen LogP contribution in [0.5, 0.6) is 5.75 Å². The number of ketones is 1. The van der Waals surface area contributed by atoms with E-state index in [1.54, 1.807) is 36.4 Å². The highest BCUT2D eigenvalue weighted by atomic mass is 35.5. The smallest absolute Gasteiger partial charge is 0.264 e. The molecule has 0 aromatic heterocycles. The highest BCUT2D eigenvalue weighted by Crippen LogP contribution is 2.35. The number of hydrogen-bond acceptors (Lipinski definition) is 5. The number of sulfonamides is 1. The molecule has 1 aliphatic heterocycles. The Balaban J connectivity index is 1.43. The van der Waals surface area contributed by atoms with Crippen LogP contribution < -0.4 is 14.4 Å². The van der Waals surface area contributed by atoms with Crippen molar-refractivity contribution < 1.29 is 22.7 Å². The zero-order chi connectivity index (χ0) is 23.6. The van der Waals surface area contributed by atoms with Crippen LogP contribution >= 0.6 is 11.6 Å². The van der Waals surface area contributed by atoms with Gasteiger partial charge in [-0.15, -0.1) is 0 Å². The third kappa shape index (κ3) is 4.86. The number of nitrogens with one attached hydrogen (secondary N) is 1. The summed E-state index contributed by atoms with van der Waals surface area (Å²) in [5.41, 5.74) is 2.59. The monoisotopic (exact) mass is 484 g/mol. The zero-order valence-electron chi connectivity index (χ0n) is 17.7. The molecule has 33 heavy (non-hydrogen) atoms. The normalized spacial score (nSPS) is 12.8. The van der Waals surface area contributed by atoms with Crippen LogP contribution in [0.4, 0.5) is 11.4 Å². The molecule has 1 N–H and O–H groups in total.